The van der Waals surface area contributed by atoms with Crippen molar-refractivity contribution in [1.29, 1.82) is 0 Å². The quantitative estimate of drug-likeness (QED) is 0.804. The lowest BCUT2D eigenvalue weighted by molar-refractivity contribution is 0.400. The third kappa shape index (κ3) is 3.69. The Kier molecular flexibility index (Phi) is 4.41. The molecule has 0 spiro atoms. The van der Waals surface area contributed by atoms with Gasteiger partial charge in [0, 0.05) is 0 Å². The van der Waals surface area contributed by atoms with E-state index in [4.69, 9.17) is 8.83 Å². The molecular weight excluding hydrogens is 268 g/mol. The zero-order valence-corrected chi connectivity index (χ0v) is 11.4. The van der Waals surface area contributed by atoms with Crippen molar-refractivity contribution < 1.29 is 17.3 Å². The fraction of sp³-hybridized carbons (Fsp3) is 0.333. The van der Waals surface area contributed by atoms with Gasteiger partial charge in [0.2, 0.25) is 5.09 Å². The number of furan rings is 2. The summed E-state index contributed by atoms with van der Waals surface area (Å²) >= 11 is 0. The summed E-state index contributed by atoms with van der Waals surface area (Å²) in [5.74, 6) is 1.13. The van der Waals surface area contributed by atoms with E-state index in [1.54, 1.807) is 18.2 Å². The van der Waals surface area contributed by atoms with E-state index < -0.39 is 10.0 Å². The molecule has 2 N–H and O–H groups in total. The first-order chi connectivity index (χ1) is 9.12. The minimum Gasteiger partial charge on any atom is -0.468 e. The van der Waals surface area contributed by atoms with Crippen molar-refractivity contribution in [1.82, 2.24) is 10.0 Å². The second-order valence-electron chi connectivity index (χ2n) is 3.90. The van der Waals surface area contributed by atoms with Crippen molar-refractivity contribution in [2.45, 2.75) is 25.1 Å². The Hall–Kier alpha value is -1.57. The van der Waals surface area contributed by atoms with Gasteiger partial charge >= 0.3 is 0 Å². The van der Waals surface area contributed by atoms with Gasteiger partial charge in [0.1, 0.15) is 11.5 Å². The zero-order chi connectivity index (χ0) is 13.7. The van der Waals surface area contributed by atoms with Gasteiger partial charge in [-0.05, 0) is 30.8 Å². The molecule has 0 amide bonds. The third-order valence-electron chi connectivity index (χ3n) is 2.47. The first-order valence-electron chi connectivity index (χ1n) is 5.93. The fourth-order valence-corrected chi connectivity index (χ4v) is 2.43. The molecule has 2 rings (SSSR count). The smallest absolute Gasteiger partial charge is 0.274 e. The summed E-state index contributed by atoms with van der Waals surface area (Å²) in [5, 5.41) is 2.97. The molecule has 0 saturated heterocycles. The van der Waals surface area contributed by atoms with Gasteiger partial charge in [-0.15, -0.1) is 0 Å². The highest BCUT2D eigenvalue weighted by Gasteiger charge is 2.18. The van der Waals surface area contributed by atoms with Crippen LogP contribution in [0.2, 0.25) is 0 Å². The highest BCUT2D eigenvalue weighted by molar-refractivity contribution is 7.89. The molecule has 0 unspecified atom stereocenters. The Morgan fingerprint density at radius 2 is 2.00 bits per heavy atom. The highest BCUT2D eigenvalue weighted by atomic mass is 32.2. The summed E-state index contributed by atoms with van der Waals surface area (Å²) in [6, 6.07) is 6.48. The minimum absolute atomic E-state index is 0.0908. The molecule has 2 aromatic rings. The summed E-state index contributed by atoms with van der Waals surface area (Å²) in [5.41, 5.74) is 0. The van der Waals surface area contributed by atoms with Crippen LogP contribution in [0.1, 0.15) is 18.4 Å². The van der Waals surface area contributed by atoms with Gasteiger partial charge in [-0.3, -0.25) is 0 Å². The lowest BCUT2D eigenvalue weighted by atomic mass is 10.4. The summed E-state index contributed by atoms with van der Waals surface area (Å²) in [4.78, 5) is 0. The molecule has 2 heterocycles. The van der Waals surface area contributed by atoms with Crippen LogP contribution in [0, 0.1) is 0 Å². The summed E-state index contributed by atoms with van der Waals surface area (Å²) in [6.07, 6.45) is 1.49. The number of sulfonamides is 1. The van der Waals surface area contributed by atoms with Gasteiger partial charge < -0.3 is 14.2 Å². The van der Waals surface area contributed by atoms with E-state index >= 15 is 0 Å². The topological polar surface area (TPSA) is 84.5 Å². The first kappa shape index (κ1) is 13.9. The molecule has 0 fully saturated rings. The summed E-state index contributed by atoms with van der Waals surface area (Å²) in [7, 11) is -3.65. The highest BCUT2D eigenvalue weighted by Crippen LogP contribution is 2.14. The Labute approximate surface area is 111 Å². The predicted molar refractivity (Wildman–Crippen MR) is 68.8 cm³/mol. The summed E-state index contributed by atoms with van der Waals surface area (Å²) < 4.78 is 36.6. The Bertz CT molecular complexity index is 601. The van der Waals surface area contributed by atoms with Crippen molar-refractivity contribution in [3.05, 3.63) is 42.0 Å². The van der Waals surface area contributed by atoms with Crippen LogP contribution in [-0.2, 0) is 23.1 Å². The molecule has 0 aliphatic rings. The van der Waals surface area contributed by atoms with E-state index in [9.17, 15) is 8.42 Å². The maximum atomic E-state index is 11.9. The predicted octanol–water partition coefficient (Wildman–Crippen LogP) is 1.46. The second-order valence-corrected chi connectivity index (χ2v) is 5.60. The molecule has 0 aromatic carbocycles. The Morgan fingerprint density at radius 1 is 1.16 bits per heavy atom. The van der Waals surface area contributed by atoms with Crippen molar-refractivity contribution in [2.24, 2.45) is 0 Å². The SMILES string of the molecule is CCNCc1ccc(S(=O)(=O)NCc2ccco2)o1. The van der Waals surface area contributed by atoms with Gasteiger partial charge in [-0.1, -0.05) is 6.92 Å². The molecule has 0 aliphatic heterocycles. The first-order valence-corrected chi connectivity index (χ1v) is 7.41. The van der Waals surface area contributed by atoms with Gasteiger partial charge in [0.25, 0.3) is 10.0 Å². The standard InChI is InChI=1S/C12H16N2O4S/c1-2-13-8-11-5-6-12(18-11)19(15,16)14-9-10-4-3-7-17-10/h3-7,13-14H,2,8-9H2,1H3. The van der Waals surface area contributed by atoms with E-state index in [1.807, 2.05) is 6.92 Å². The number of hydrogen-bond donors (Lipinski definition) is 2. The molecule has 0 radical (unpaired) electrons. The van der Waals surface area contributed by atoms with Crippen LogP contribution in [0.5, 0.6) is 0 Å². The average molecular weight is 284 g/mol. The average Bonchev–Trinajstić information content (AvgIpc) is 3.05. The van der Waals surface area contributed by atoms with Crippen LogP contribution in [0.4, 0.5) is 0 Å². The number of hydrogen-bond acceptors (Lipinski definition) is 5. The van der Waals surface area contributed by atoms with Crippen LogP contribution in [0.25, 0.3) is 0 Å². The molecule has 0 atom stereocenters. The number of nitrogens with one attached hydrogen (secondary N) is 2. The van der Waals surface area contributed by atoms with E-state index in [0.29, 0.717) is 18.1 Å². The minimum atomic E-state index is -3.65. The van der Waals surface area contributed by atoms with Crippen molar-refractivity contribution in [3.63, 3.8) is 0 Å². The monoisotopic (exact) mass is 284 g/mol. The van der Waals surface area contributed by atoms with Crippen molar-refractivity contribution in [3.8, 4) is 0 Å². The van der Waals surface area contributed by atoms with Gasteiger partial charge in [-0.25, -0.2) is 13.1 Å². The molecule has 0 bridgehead atoms. The van der Waals surface area contributed by atoms with E-state index in [1.165, 1.54) is 12.3 Å². The fourth-order valence-electron chi connectivity index (χ4n) is 1.50. The molecular formula is C12H16N2O4S. The molecule has 7 heteroatoms. The lowest BCUT2D eigenvalue weighted by Gasteiger charge is -2.02. The van der Waals surface area contributed by atoms with E-state index in [-0.39, 0.29) is 11.6 Å². The number of rotatable bonds is 7. The van der Waals surface area contributed by atoms with Crippen LogP contribution < -0.4 is 10.0 Å². The van der Waals surface area contributed by atoms with Crippen molar-refractivity contribution >= 4 is 10.0 Å². The van der Waals surface area contributed by atoms with Gasteiger partial charge in [0.15, 0.2) is 0 Å². The molecule has 2 aromatic heterocycles. The third-order valence-corrected chi connectivity index (χ3v) is 3.74. The second kappa shape index (κ2) is 6.05. The molecule has 0 saturated carbocycles. The largest absolute Gasteiger partial charge is 0.468 e. The van der Waals surface area contributed by atoms with Gasteiger partial charge in [-0.2, -0.15) is 0 Å². The van der Waals surface area contributed by atoms with E-state index in [0.717, 1.165) is 6.54 Å². The van der Waals surface area contributed by atoms with Gasteiger partial charge in [0.05, 0.1) is 19.4 Å². The van der Waals surface area contributed by atoms with Crippen LogP contribution >= 0.6 is 0 Å². The summed E-state index contributed by atoms with van der Waals surface area (Å²) in [6.45, 7) is 3.35. The van der Waals surface area contributed by atoms with Crippen LogP contribution in [0.3, 0.4) is 0 Å². The van der Waals surface area contributed by atoms with Crippen LogP contribution in [-0.4, -0.2) is 15.0 Å². The molecule has 0 aliphatic carbocycles. The van der Waals surface area contributed by atoms with E-state index in [2.05, 4.69) is 10.0 Å². The Balaban J connectivity index is 2.00. The normalized spacial score (nSPS) is 11.8. The molecule has 104 valence electrons. The maximum absolute atomic E-state index is 11.9. The van der Waals surface area contributed by atoms with Crippen molar-refractivity contribution in [2.75, 3.05) is 6.54 Å². The molecule has 19 heavy (non-hydrogen) atoms. The zero-order valence-electron chi connectivity index (χ0n) is 10.5. The Morgan fingerprint density at radius 3 is 2.68 bits per heavy atom. The molecule has 6 nitrogen and oxygen atoms in total. The lowest BCUT2D eigenvalue weighted by Crippen LogP contribution is -2.22. The van der Waals surface area contributed by atoms with Crippen LogP contribution in [0.15, 0.2) is 44.5 Å². The maximum Gasteiger partial charge on any atom is 0.274 e.